The van der Waals surface area contributed by atoms with Crippen molar-refractivity contribution in [2.75, 3.05) is 11.9 Å². The lowest BCUT2D eigenvalue weighted by molar-refractivity contribution is -0.137. The van der Waals surface area contributed by atoms with Gasteiger partial charge in [0.2, 0.25) is 0 Å². The molecule has 1 aliphatic rings. The Balaban J connectivity index is 1.26. The summed E-state index contributed by atoms with van der Waals surface area (Å²) in [6.07, 6.45) is 1.33. The number of rotatable bonds is 10. The van der Waals surface area contributed by atoms with Gasteiger partial charge >= 0.3 is 18.3 Å². The van der Waals surface area contributed by atoms with E-state index in [1.165, 1.54) is 18.6 Å². The van der Waals surface area contributed by atoms with E-state index >= 15 is 0 Å². The molecule has 0 aromatic heterocycles. The Morgan fingerprint density at radius 2 is 1.28 bits per heavy atom. The zero-order valence-electron chi connectivity index (χ0n) is 29.0. The number of ether oxygens (including phenoxy) is 1. The molecule has 0 bridgehead atoms. The highest BCUT2D eigenvalue weighted by molar-refractivity contribution is 5.89. The van der Waals surface area contributed by atoms with Crippen LogP contribution in [0.3, 0.4) is 0 Å². The van der Waals surface area contributed by atoms with Gasteiger partial charge in [-0.1, -0.05) is 98.1 Å². The molecule has 264 valence electrons. The average Bonchev–Trinajstić information content (AvgIpc) is 3.09. The maximum atomic E-state index is 13.4. The molecule has 1 aliphatic carbocycles. The molecule has 1 fully saturated rings. The summed E-state index contributed by atoms with van der Waals surface area (Å²) in [6, 6.07) is 30.3. The van der Waals surface area contributed by atoms with Gasteiger partial charge in [0.25, 0.3) is 0 Å². The third-order valence-electron chi connectivity index (χ3n) is 8.87. The number of alkyl halides is 3. The largest absolute Gasteiger partial charge is 0.444 e. The van der Waals surface area contributed by atoms with E-state index in [1.54, 1.807) is 4.90 Å². The molecule has 4 aromatic carbocycles. The highest BCUT2D eigenvalue weighted by atomic mass is 19.4. The third-order valence-corrected chi connectivity index (χ3v) is 8.87. The van der Waals surface area contributed by atoms with Crippen molar-refractivity contribution < 1.29 is 27.5 Å². The van der Waals surface area contributed by atoms with Crippen LogP contribution in [0.25, 0.3) is 11.1 Å². The van der Waals surface area contributed by atoms with E-state index in [0.717, 1.165) is 65.6 Å². The highest BCUT2D eigenvalue weighted by Gasteiger charge is 2.31. The fourth-order valence-corrected chi connectivity index (χ4v) is 6.18. The van der Waals surface area contributed by atoms with Crippen molar-refractivity contribution in [3.8, 4) is 11.1 Å². The van der Waals surface area contributed by atoms with Gasteiger partial charge < -0.3 is 19.9 Å². The Morgan fingerprint density at radius 1 is 0.720 bits per heavy atom. The molecule has 1 saturated carbocycles. The van der Waals surface area contributed by atoms with Gasteiger partial charge in [0.1, 0.15) is 5.60 Å². The quantitative estimate of drug-likeness (QED) is 0.181. The topological polar surface area (TPSA) is 61.9 Å². The van der Waals surface area contributed by atoms with Crippen LogP contribution >= 0.6 is 0 Å². The third kappa shape index (κ3) is 10.6. The monoisotopic (exact) mass is 685 g/mol. The smallest absolute Gasteiger partial charge is 0.416 e. The molecule has 0 heterocycles. The standard InChI is InChI=1S/C41H46F3N3O3/c1-40(2,3)50-39(49)47(37-12-8-5-9-13-37)29-32-16-20-34(21-17-32)33-18-14-31(15-19-33)28-46(27-26-30-10-6-4-7-11-30)38(48)45-36-24-22-35(23-25-36)41(42,43)44/h4,6-7,10-11,14-25,37H,5,8-9,12-13,26-29H2,1-3H3,(H,45,48). The van der Waals surface area contributed by atoms with Gasteiger partial charge in [-0.3, -0.25) is 0 Å². The number of nitrogens with one attached hydrogen (secondary N) is 1. The predicted molar refractivity (Wildman–Crippen MR) is 192 cm³/mol. The second kappa shape index (κ2) is 16.3. The Morgan fingerprint density at radius 3 is 1.82 bits per heavy atom. The molecule has 9 heteroatoms. The van der Waals surface area contributed by atoms with Crippen molar-refractivity contribution in [3.63, 3.8) is 0 Å². The Hall–Kier alpha value is -4.79. The fraction of sp³-hybridized carbons (Fsp3) is 0.366. The molecule has 4 aromatic rings. The van der Waals surface area contributed by atoms with Gasteiger partial charge in [-0.2, -0.15) is 13.2 Å². The second-order valence-corrected chi connectivity index (χ2v) is 14.0. The lowest BCUT2D eigenvalue weighted by Gasteiger charge is -2.35. The Labute approximate surface area is 293 Å². The molecule has 50 heavy (non-hydrogen) atoms. The van der Waals surface area contributed by atoms with Gasteiger partial charge in [0.05, 0.1) is 5.56 Å². The van der Waals surface area contributed by atoms with Crippen molar-refractivity contribution in [3.05, 3.63) is 125 Å². The molecule has 0 unspecified atom stereocenters. The molecule has 3 amide bonds. The van der Waals surface area contributed by atoms with Crippen molar-refractivity contribution in [2.45, 2.75) is 90.2 Å². The van der Waals surface area contributed by atoms with Crippen molar-refractivity contribution >= 4 is 17.8 Å². The zero-order chi connectivity index (χ0) is 35.7. The van der Waals surface area contributed by atoms with Crippen molar-refractivity contribution in [1.82, 2.24) is 9.80 Å². The molecule has 0 spiro atoms. The number of carbonyl (C=O) groups is 2. The number of hydrogen-bond donors (Lipinski definition) is 1. The number of urea groups is 1. The molecule has 0 radical (unpaired) electrons. The molecule has 6 nitrogen and oxygen atoms in total. The molecule has 0 aliphatic heterocycles. The van der Waals surface area contributed by atoms with Crippen LogP contribution in [0.15, 0.2) is 103 Å². The summed E-state index contributed by atoms with van der Waals surface area (Å²) < 4.78 is 44.9. The highest BCUT2D eigenvalue weighted by Crippen LogP contribution is 2.30. The van der Waals surface area contributed by atoms with Crippen LogP contribution in [-0.4, -0.2) is 40.1 Å². The van der Waals surface area contributed by atoms with Crippen LogP contribution in [0.5, 0.6) is 0 Å². The molecular formula is C41H46F3N3O3. The van der Waals surface area contributed by atoms with E-state index in [-0.39, 0.29) is 12.1 Å². The molecule has 0 atom stereocenters. The van der Waals surface area contributed by atoms with E-state index in [9.17, 15) is 22.8 Å². The number of nitrogens with zero attached hydrogens (tertiary/aromatic N) is 2. The minimum atomic E-state index is -4.45. The van der Waals surface area contributed by atoms with Crippen LogP contribution < -0.4 is 5.32 Å². The van der Waals surface area contributed by atoms with Crippen LogP contribution in [0.4, 0.5) is 28.4 Å². The van der Waals surface area contributed by atoms with Gasteiger partial charge in [-0.05, 0) is 92.1 Å². The maximum Gasteiger partial charge on any atom is 0.416 e. The average molecular weight is 686 g/mol. The van der Waals surface area contributed by atoms with E-state index < -0.39 is 23.4 Å². The lowest BCUT2D eigenvalue weighted by Crippen LogP contribution is -2.43. The van der Waals surface area contributed by atoms with Crippen LogP contribution in [0.1, 0.15) is 75.1 Å². The SMILES string of the molecule is CC(C)(C)OC(=O)N(Cc1ccc(-c2ccc(CN(CCc3ccccc3)C(=O)Nc3ccc(C(F)(F)F)cc3)cc2)cc1)C1CCCCC1. The number of hydrogen-bond acceptors (Lipinski definition) is 3. The van der Waals surface area contributed by atoms with Crippen molar-refractivity contribution in [1.29, 1.82) is 0 Å². The van der Waals surface area contributed by atoms with Gasteiger partial charge in [-0.25, -0.2) is 9.59 Å². The van der Waals surface area contributed by atoms with Gasteiger partial charge in [0, 0.05) is 31.4 Å². The number of amides is 3. The fourth-order valence-electron chi connectivity index (χ4n) is 6.18. The van der Waals surface area contributed by atoms with Gasteiger partial charge in [0.15, 0.2) is 0 Å². The first-order chi connectivity index (χ1) is 23.8. The molecule has 1 N–H and O–H groups in total. The van der Waals surface area contributed by atoms with Gasteiger partial charge in [-0.15, -0.1) is 0 Å². The van der Waals surface area contributed by atoms with E-state index in [4.69, 9.17) is 4.74 Å². The minimum absolute atomic E-state index is 0.176. The van der Waals surface area contributed by atoms with E-state index in [1.807, 2.05) is 80.3 Å². The first-order valence-electron chi connectivity index (χ1n) is 17.3. The summed E-state index contributed by atoms with van der Waals surface area (Å²) in [6.45, 7) is 6.91. The molecular weight excluding hydrogens is 639 g/mol. The van der Waals surface area contributed by atoms with Crippen molar-refractivity contribution in [2.24, 2.45) is 0 Å². The summed E-state index contributed by atoms with van der Waals surface area (Å²) in [5.41, 5.74) is 4.04. The first kappa shape index (κ1) is 36.5. The summed E-state index contributed by atoms with van der Waals surface area (Å²) in [7, 11) is 0. The summed E-state index contributed by atoms with van der Waals surface area (Å²) in [5, 5.41) is 2.76. The lowest BCUT2D eigenvalue weighted by atomic mass is 9.94. The normalized spacial score (nSPS) is 13.8. The molecule has 5 rings (SSSR count). The number of anilines is 1. The zero-order valence-corrected chi connectivity index (χ0v) is 29.0. The first-order valence-corrected chi connectivity index (χ1v) is 17.3. The second-order valence-electron chi connectivity index (χ2n) is 14.0. The summed E-state index contributed by atoms with van der Waals surface area (Å²) in [4.78, 5) is 30.1. The Bertz CT molecular complexity index is 1680. The molecule has 0 saturated heterocycles. The number of halogens is 3. The number of carbonyl (C=O) groups excluding carboxylic acids is 2. The van der Waals surface area contributed by atoms with Crippen LogP contribution in [0.2, 0.25) is 0 Å². The minimum Gasteiger partial charge on any atom is -0.444 e. The predicted octanol–water partition coefficient (Wildman–Crippen LogP) is 10.7. The Kier molecular flexibility index (Phi) is 11.9. The summed E-state index contributed by atoms with van der Waals surface area (Å²) >= 11 is 0. The summed E-state index contributed by atoms with van der Waals surface area (Å²) in [5.74, 6) is 0. The van der Waals surface area contributed by atoms with Crippen LogP contribution in [0, 0.1) is 0 Å². The maximum absolute atomic E-state index is 13.4. The van der Waals surface area contributed by atoms with E-state index in [0.29, 0.717) is 31.7 Å². The van der Waals surface area contributed by atoms with Crippen LogP contribution in [-0.2, 0) is 30.4 Å². The van der Waals surface area contributed by atoms with E-state index in [2.05, 4.69) is 29.6 Å². The number of benzene rings is 4.